The molecule has 1 aliphatic rings. The first-order chi connectivity index (χ1) is 11.5. The maximum atomic E-state index is 12.4. The zero-order valence-corrected chi connectivity index (χ0v) is 15.4. The summed E-state index contributed by atoms with van der Waals surface area (Å²) in [7, 11) is 1.65. The van der Waals surface area contributed by atoms with Crippen LogP contribution in [-0.4, -0.2) is 61.6 Å². The van der Waals surface area contributed by atoms with Crippen LogP contribution in [0.2, 0.25) is 0 Å². The highest BCUT2D eigenvalue weighted by Gasteiger charge is 2.25. The van der Waals surface area contributed by atoms with Crippen LogP contribution < -0.4 is 10.1 Å². The van der Waals surface area contributed by atoms with E-state index in [1.54, 1.807) is 7.11 Å². The van der Waals surface area contributed by atoms with E-state index in [0.29, 0.717) is 12.5 Å². The number of piperazine rings is 1. The first kappa shape index (κ1) is 18.7. The predicted octanol–water partition coefficient (Wildman–Crippen LogP) is 1.97. The number of carbonyl (C=O) groups is 1. The van der Waals surface area contributed by atoms with Gasteiger partial charge in [0.25, 0.3) is 0 Å². The van der Waals surface area contributed by atoms with Crippen molar-refractivity contribution in [3.63, 3.8) is 0 Å². The molecule has 2 rings (SSSR count). The van der Waals surface area contributed by atoms with E-state index in [-0.39, 0.29) is 11.9 Å². The van der Waals surface area contributed by atoms with E-state index in [2.05, 4.69) is 29.0 Å². The maximum absolute atomic E-state index is 12.4. The number of methoxy groups -OCH3 is 1. The minimum atomic E-state index is -0.0863. The molecule has 1 N–H and O–H groups in total. The largest absolute Gasteiger partial charge is 0.497 e. The Morgan fingerprint density at radius 2 is 1.92 bits per heavy atom. The maximum Gasteiger partial charge on any atom is 0.237 e. The van der Waals surface area contributed by atoms with Gasteiger partial charge in [0, 0.05) is 39.3 Å². The number of nitrogens with one attached hydrogen (secondary N) is 1. The molecule has 1 amide bonds. The van der Waals surface area contributed by atoms with Gasteiger partial charge in [-0.15, -0.1) is 0 Å². The Kier molecular flexibility index (Phi) is 7.06. The highest BCUT2D eigenvalue weighted by atomic mass is 16.5. The van der Waals surface area contributed by atoms with Crippen LogP contribution in [0.1, 0.15) is 26.3 Å². The second-order valence-corrected chi connectivity index (χ2v) is 6.98. The van der Waals surface area contributed by atoms with E-state index in [9.17, 15) is 4.79 Å². The molecule has 1 aliphatic heterocycles. The molecule has 0 bridgehead atoms. The van der Waals surface area contributed by atoms with Crippen molar-refractivity contribution in [2.45, 2.75) is 33.4 Å². The Morgan fingerprint density at radius 1 is 1.21 bits per heavy atom. The molecule has 0 aliphatic carbocycles. The van der Waals surface area contributed by atoms with Gasteiger partial charge in [0.05, 0.1) is 13.2 Å². The van der Waals surface area contributed by atoms with Crippen molar-refractivity contribution in [3.05, 3.63) is 29.8 Å². The van der Waals surface area contributed by atoms with Gasteiger partial charge in [0.2, 0.25) is 5.91 Å². The fraction of sp³-hybridized carbons (Fsp3) is 0.632. The van der Waals surface area contributed by atoms with Crippen LogP contribution >= 0.6 is 0 Å². The van der Waals surface area contributed by atoms with E-state index in [0.717, 1.165) is 44.0 Å². The third-order valence-electron chi connectivity index (χ3n) is 4.56. The van der Waals surface area contributed by atoms with Crippen LogP contribution in [0.25, 0.3) is 0 Å². The molecule has 1 unspecified atom stereocenters. The van der Waals surface area contributed by atoms with Gasteiger partial charge in [-0.1, -0.05) is 26.0 Å². The van der Waals surface area contributed by atoms with Crippen molar-refractivity contribution in [1.29, 1.82) is 0 Å². The first-order valence-electron chi connectivity index (χ1n) is 8.86. The molecule has 1 saturated heterocycles. The van der Waals surface area contributed by atoms with Gasteiger partial charge in [0.1, 0.15) is 5.75 Å². The number of benzene rings is 1. The third kappa shape index (κ3) is 5.49. The second-order valence-electron chi connectivity index (χ2n) is 6.98. The molecule has 134 valence electrons. The number of amides is 1. The summed E-state index contributed by atoms with van der Waals surface area (Å²) in [6.07, 6.45) is 0. The number of hydrogen-bond acceptors (Lipinski definition) is 4. The van der Waals surface area contributed by atoms with Gasteiger partial charge in [-0.05, 0) is 30.5 Å². The molecular formula is C19H31N3O2. The molecule has 1 aromatic carbocycles. The monoisotopic (exact) mass is 333 g/mol. The van der Waals surface area contributed by atoms with E-state index in [4.69, 9.17) is 4.74 Å². The van der Waals surface area contributed by atoms with Crippen molar-refractivity contribution in [1.82, 2.24) is 15.1 Å². The SMILES string of the molecule is COc1cccc(CNC(=O)C(C)N2CCN(CC(C)C)CC2)c1. The average molecular weight is 333 g/mol. The number of hydrogen-bond donors (Lipinski definition) is 1. The van der Waals surface area contributed by atoms with Crippen LogP contribution in [0, 0.1) is 5.92 Å². The van der Waals surface area contributed by atoms with Crippen molar-refractivity contribution < 1.29 is 9.53 Å². The summed E-state index contributed by atoms with van der Waals surface area (Å²) in [6, 6.07) is 7.72. The summed E-state index contributed by atoms with van der Waals surface area (Å²) < 4.78 is 5.22. The molecule has 24 heavy (non-hydrogen) atoms. The highest BCUT2D eigenvalue weighted by Crippen LogP contribution is 2.13. The Hall–Kier alpha value is -1.59. The van der Waals surface area contributed by atoms with Crippen molar-refractivity contribution in [2.24, 2.45) is 5.92 Å². The van der Waals surface area contributed by atoms with Gasteiger partial charge in [-0.3, -0.25) is 9.69 Å². The summed E-state index contributed by atoms with van der Waals surface area (Å²) in [5, 5.41) is 3.04. The molecule has 5 nitrogen and oxygen atoms in total. The minimum Gasteiger partial charge on any atom is -0.497 e. The molecule has 0 spiro atoms. The minimum absolute atomic E-state index is 0.0863. The zero-order chi connectivity index (χ0) is 17.5. The molecule has 1 atom stereocenters. The van der Waals surface area contributed by atoms with E-state index >= 15 is 0 Å². The lowest BCUT2D eigenvalue weighted by Gasteiger charge is -2.38. The molecule has 1 aromatic rings. The van der Waals surface area contributed by atoms with Crippen molar-refractivity contribution >= 4 is 5.91 Å². The Labute approximate surface area is 146 Å². The summed E-state index contributed by atoms with van der Waals surface area (Å²) >= 11 is 0. The van der Waals surface area contributed by atoms with Gasteiger partial charge in [0.15, 0.2) is 0 Å². The molecule has 0 aromatic heterocycles. The Bertz CT molecular complexity index is 525. The lowest BCUT2D eigenvalue weighted by Crippen LogP contribution is -2.54. The van der Waals surface area contributed by atoms with Crippen LogP contribution in [-0.2, 0) is 11.3 Å². The third-order valence-corrected chi connectivity index (χ3v) is 4.56. The molecule has 1 heterocycles. The molecule has 0 saturated carbocycles. The predicted molar refractivity (Wildman–Crippen MR) is 97.2 cm³/mol. The first-order valence-corrected chi connectivity index (χ1v) is 8.86. The van der Waals surface area contributed by atoms with Gasteiger partial charge >= 0.3 is 0 Å². The summed E-state index contributed by atoms with van der Waals surface area (Å²) in [6.45, 7) is 12.2. The lowest BCUT2D eigenvalue weighted by molar-refractivity contribution is -0.126. The number of ether oxygens (including phenoxy) is 1. The van der Waals surface area contributed by atoms with Gasteiger partial charge in [-0.2, -0.15) is 0 Å². The second kappa shape index (κ2) is 9.04. The summed E-state index contributed by atoms with van der Waals surface area (Å²) in [5.74, 6) is 1.60. The lowest BCUT2D eigenvalue weighted by atomic mass is 10.1. The van der Waals surface area contributed by atoms with Gasteiger partial charge in [-0.25, -0.2) is 0 Å². The fourth-order valence-corrected chi connectivity index (χ4v) is 3.13. The van der Waals surface area contributed by atoms with E-state index in [1.165, 1.54) is 0 Å². The molecule has 5 heteroatoms. The van der Waals surface area contributed by atoms with Gasteiger partial charge < -0.3 is 15.0 Å². The van der Waals surface area contributed by atoms with E-state index in [1.807, 2.05) is 31.2 Å². The van der Waals surface area contributed by atoms with Crippen LogP contribution in [0.5, 0.6) is 5.75 Å². The number of rotatable bonds is 7. The van der Waals surface area contributed by atoms with Crippen LogP contribution in [0.4, 0.5) is 0 Å². The van der Waals surface area contributed by atoms with Crippen molar-refractivity contribution in [3.8, 4) is 5.75 Å². The normalized spacial score (nSPS) is 17.7. The fourth-order valence-electron chi connectivity index (χ4n) is 3.13. The standard InChI is InChI=1S/C19H31N3O2/c1-15(2)14-21-8-10-22(11-9-21)16(3)19(23)20-13-17-6-5-7-18(12-17)24-4/h5-7,12,15-16H,8-11,13-14H2,1-4H3,(H,20,23). The average Bonchev–Trinajstić information content (AvgIpc) is 2.59. The zero-order valence-electron chi connectivity index (χ0n) is 15.4. The summed E-state index contributed by atoms with van der Waals surface area (Å²) in [5.41, 5.74) is 1.05. The summed E-state index contributed by atoms with van der Waals surface area (Å²) in [4.78, 5) is 17.2. The number of nitrogens with zero attached hydrogens (tertiary/aromatic N) is 2. The van der Waals surface area contributed by atoms with Crippen molar-refractivity contribution in [2.75, 3.05) is 39.8 Å². The van der Waals surface area contributed by atoms with Crippen LogP contribution in [0.15, 0.2) is 24.3 Å². The highest BCUT2D eigenvalue weighted by molar-refractivity contribution is 5.81. The molecule has 1 fully saturated rings. The smallest absolute Gasteiger partial charge is 0.237 e. The topological polar surface area (TPSA) is 44.8 Å². The Morgan fingerprint density at radius 3 is 2.54 bits per heavy atom. The van der Waals surface area contributed by atoms with E-state index < -0.39 is 0 Å². The quantitative estimate of drug-likeness (QED) is 0.829. The molecular weight excluding hydrogens is 302 g/mol. The molecule has 0 radical (unpaired) electrons. The van der Waals surface area contributed by atoms with Crippen LogP contribution in [0.3, 0.4) is 0 Å². The Balaban J connectivity index is 1.78. The number of carbonyl (C=O) groups excluding carboxylic acids is 1.